The molecule has 0 saturated carbocycles. The van der Waals surface area contributed by atoms with Gasteiger partial charge >= 0.3 is 0 Å². The first kappa shape index (κ1) is 22.1. The fourth-order valence-corrected chi connectivity index (χ4v) is 4.03. The van der Waals surface area contributed by atoms with E-state index in [2.05, 4.69) is 0 Å². The van der Waals surface area contributed by atoms with Crippen LogP contribution in [-0.4, -0.2) is 53.8 Å². The number of aliphatic hydroxyl groups excluding tert-OH is 1. The van der Waals surface area contributed by atoms with Crippen LogP contribution in [0.15, 0.2) is 48.0 Å². The third-order valence-electron chi connectivity index (χ3n) is 5.36. The molecular formula is C24H27ClN2O3. The van der Waals surface area contributed by atoms with Crippen molar-refractivity contribution in [3.63, 3.8) is 0 Å². The molecule has 3 rings (SSSR count). The standard InChI is InChI=1S/C24H27ClN2O3/c1-15-9-10-16(2)19(13-15)22(28)20-21(17-7-5-8-18(25)14-17)27(24(30)23(20)29)12-6-11-26(3)4/h5,7-10,13-14,21,28H,6,11-12H2,1-4H3/b22-20+. The Morgan fingerprint density at radius 3 is 2.53 bits per heavy atom. The van der Waals surface area contributed by atoms with Gasteiger partial charge in [0.2, 0.25) is 0 Å². The van der Waals surface area contributed by atoms with E-state index in [9.17, 15) is 14.7 Å². The summed E-state index contributed by atoms with van der Waals surface area (Å²) in [6.07, 6.45) is 0.709. The molecule has 1 unspecified atom stereocenters. The van der Waals surface area contributed by atoms with E-state index in [4.69, 9.17) is 11.6 Å². The molecule has 1 N–H and O–H groups in total. The van der Waals surface area contributed by atoms with Crippen molar-refractivity contribution in [2.24, 2.45) is 0 Å². The lowest BCUT2D eigenvalue weighted by Gasteiger charge is -2.26. The molecule has 6 heteroatoms. The highest BCUT2D eigenvalue weighted by atomic mass is 35.5. The average molecular weight is 427 g/mol. The van der Waals surface area contributed by atoms with Gasteiger partial charge in [-0.2, -0.15) is 0 Å². The zero-order chi connectivity index (χ0) is 22.0. The van der Waals surface area contributed by atoms with E-state index in [1.165, 1.54) is 0 Å². The molecule has 0 bridgehead atoms. The van der Waals surface area contributed by atoms with Gasteiger partial charge in [0.15, 0.2) is 0 Å². The molecule has 1 atom stereocenters. The quantitative estimate of drug-likeness (QED) is 0.424. The number of carbonyl (C=O) groups excluding carboxylic acids is 2. The second kappa shape index (κ2) is 9.02. The minimum atomic E-state index is -0.675. The lowest BCUT2D eigenvalue weighted by atomic mass is 9.93. The van der Waals surface area contributed by atoms with Gasteiger partial charge in [-0.1, -0.05) is 41.4 Å². The van der Waals surface area contributed by atoms with E-state index in [1.807, 2.05) is 57.1 Å². The fourth-order valence-electron chi connectivity index (χ4n) is 3.83. The maximum absolute atomic E-state index is 13.0. The van der Waals surface area contributed by atoms with Crippen molar-refractivity contribution in [2.45, 2.75) is 26.3 Å². The highest BCUT2D eigenvalue weighted by molar-refractivity contribution is 6.46. The van der Waals surface area contributed by atoms with Crippen LogP contribution in [0.1, 0.15) is 34.7 Å². The van der Waals surface area contributed by atoms with Crippen molar-refractivity contribution in [3.05, 3.63) is 75.3 Å². The highest BCUT2D eigenvalue weighted by Crippen LogP contribution is 2.40. The summed E-state index contributed by atoms with van der Waals surface area (Å²) in [4.78, 5) is 29.6. The topological polar surface area (TPSA) is 60.9 Å². The molecule has 1 amide bonds. The number of nitrogens with zero attached hydrogens (tertiary/aromatic N) is 2. The van der Waals surface area contributed by atoms with Crippen LogP contribution >= 0.6 is 11.6 Å². The molecule has 2 aromatic carbocycles. The molecule has 0 aromatic heterocycles. The molecule has 1 heterocycles. The van der Waals surface area contributed by atoms with Crippen molar-refractivity contribution < 1.29 is 14.7 Å². The predicted octanol–water partition coefficient (Wildman–Crippen LogP) is 4.33. The highest BCUT2D eigenvalue weighted by Gasteiger charge is 2.45. The van der Waals surface area contributed by atoms with E-state index in [0.717, 1.165) is 17.7 Å². The average Bonchev–Trinajstić information content (AvgIpc) is 2.94. The number of rotatable bonds is 6. The Morgan fingerprint density at radius 2 is 1.87 bits per heavy atom. The summed E-state index contributed by atoms with van der Waals surface area (Å²) in [7, 11) is 3.92. The first-order chi connectivity index (χ1) is 14.2. The van der Waals surface area contributed by atoms with Gasteiger partial charge in [0.1, 0.15) is 5.76 Å². The summed E-state index contributed by atoms with van der Waals surface area (Å²) < 4.78 is 0. The maximum atomic E-state index is 13.0. The molecular weight excluding hydrogens is 400 g/mol. The Hall–Kier alpha value is -2.63. The van der Waals surface area contributed by atoms with Gasteiger partial charge in [-0.05, 0) is 70.2 Å². The van der Waals surface area contributed by atoms with Crippen LogP contribution in [0.25, 0.3) is 5.76 Å². The number of aliphatic hydroxyl groups is 1. The minimum absolute atomic E-state index is 0.112. The van der Waals surface area contributed by atoms with Crippen LogP contribution in [-0.2, 0) is 9.59 Å². The minimum Gasteiger partial charge on any atom is -0.507 e. The lowest BCUT2D eigenvalue weighted by Crippen LogP contribution is -2.32. The van der Waals surface area contributed by atoms with Crippen LogP contribution in [0.3, 0.4) is 0 Å². The summed E-state index contributed by atoms with van der Waals surface area (Å²) in [5.41, 5.74) is 3.18. The SMILES string of the molecule is Cc1ccc(C)c(/C(O)=C2\C(=O)C(=O)N(CCCN(C)C)C2c2cccc(Cl)c2)c1. The number of likely N-dealkylation sites (tertiary alicyclic amines) is 1. The third-order valence-corrected chi connectivity index (χ3v) is 5.59. The number of aryl methyl sites for hydroxylation is 2. The summed E-state index contributed by atoms with van der Waals surface area (Å²) in [6.45, 7) is 4.98. The van der Waals surface area contributed by atoms with Crippen molar-refractivity contribution in [1.82, 2.24) is 9.80 Å². The third kappa shape index (κ3) is 4.42. The van der Waals surface area contributed by atoms with E-state index in [1.54, 1.807) is 23.1 Å². The predicted molar refractivity (Wildman–Crippen MR) is 120 cm³/mol. The molecule has 0 spiro atoms. The molecule has 0 radical (unpaired) electrons. The van der Waals surface area contributed by atoms with E-state index >= 15 is 0 Å². The summed E-state index contributed by atoms with van der Waals surface area (Å²) >= 11 is 6.21. The van der Waals surface area contributed by atoms with Crippen LogP contribution in [0.4, 0.5) is 0 Å². The van der Waals surface area contributed by atoms with Crippen LogP contribution in [0, 0.1) is 13.8 Å². The number of Topliss-reactive ketones (excluding diaryl/α,β-unsaturated/α-hetero) is 1. The molecule has 1 aliphatic heterocycles. The Morgan fingerprint density at radius 1 is 1.13 bits per heavy atom. The van der Waals surface area contributed by atoms with Crippen molar-refractivity contribution >= 4 is 29.1 Å². The molecule has 1 aliphatic rings. The summed E-state index contributed by atoms with van der Waals surface area (Å²) in [6, 6.07) is 12.1. The van der Waals surface area contributed by atoms with Crippen LogP contribution < -0.4 is 0 Å². The molecule has 2 aromatic rings. The maximum Gasteiger partial charge on any atom is 0.295 e. The van der Waals surface area contributed by atoms with Crippen molar-refractivity contribution in [2.75, 3.05) is 27.2 Å². The first-order valence-electron chi connectivity index (χ1n) is 9.97. The van der Waals surface area contributed by atoms with Gasteiger partial charge in [-0.15, -0.1) is 0 Å². The van der Waals surface area contributed by atoms with Gasteiger partial charge in [-0.3, -0.25) is 9.59 Å². The second-order valence-electron chi connectivity index (χ2n) is 8.02. The van der Waals surface area contributed by atoms with E-state index in [-0.39, 0.29) is 11.3 Å². The number of benzene rings is 2. The summed E-state index contributed by atoms with van der Waals surface area (Å²) in [5.74, 6) is -1.40. The Balaban J connectivity index is 2.15. The largest absolute Gasteiger partial charge is 0.507 e. The normalized spacial score (nSPS) is 18.5. The number of hydrogen-bond donors (Lipinski definition) is 1. The molecule has 0 aliphatic carbocycles. The molecule has 1 fully saturated rings. The number of ketones is 1. The van der Waals surface area contributed by atoms with Gasteiger partial charge in [0, 0.05) is 17.1 Å². The molecule has 158 valence electrons. The zero-order valence-electron chi connectivity index (χ0n) is 17.8. The Bertz CT molecular complexity index is 1010. The number of amides is 1. The number of carbonyl (C=O) groups is 2. The number of hydrogen-bond acceptors (Lipinski definition) is 4. The molecule has 5 nitrogen and oxygen atoms in total. The van der Waals surface area contributed by atoms with Gasteiger partial charge in [0.05, 0.1) is 11.6 Å². The van der Waals surface area contributed by atoms with E-state index in [0.29, 0.717) is 29.1 Å². The van der Waals surface area contributed by atoms with E-state index < -0.39 is 17.7 Å². The Labute approximate surface area is 182 Å². The van der Waals surface area contributed by atoms with Crippen molar-refractivity contribution in [1.29, 1.82) is 0 Å². The fraction of sp³-hybridized carbons (Fsp3) is 0.333. The van der Waals surface area contributed by atoms with Gasteiger partial charge in [-0.25, -0.2) is 0 Å². The number of halogens is 1. The van der Waals surface area contributed by atoms with Crippen LogP contribution in [0.2, 0.25) is 5.02 Å². The van der Waals surface area contributed by atoms with Gasteiger partial charge in [0.25, 0.3) is 11.7 Å². The second-order valence-corrected chi connectivity index (χ2v) is 8.46. The lowest BCUT2D eigenvalue weighted by molar-refractivity contribution is -0.139. The zero-order valence-corrected chi connectivity index (χ0v) is 18.5. The van der Waals surface area contributed by atoms with Crippen molar-refractivity contribution in [3.8, 4) is 0 Å². The summed E-state index contributed by atoms with van der Waals surface area (Å²) in [5, 5.41) is 11.7. The first-order valence-corrected chi connectivity index (χ1v) is 10.3. The Kier molecular flexibility index (Phi) is 6.64. The molecule has 30 heavy (non-hydrogen) atoms. The van der Waals surface area contributed by atoms with Crippen LogP contribution in [0.5, 0.6) is 0 Å². The molecule has 1 saturated heterocycles. The van der Waals surface area contributed by atoms with Gasteiger partial charge < -0.3 is 14.9 Å². The smallest absolute Gasteiger partial charge is 0.295 e. The monoisotopic (exact) mass is 426 g/mol.